The van der Waals surface area contributed by atoms with Gasteiger partial charge in [-0.3, -0.25) is 0 Å². The first-order valence-corrected chi connectivity index (χ1v) is 8.77. The summed E-state index contributed by atoms with van der Waals surface area (Å²) < 4.78 is 5.23. The molecule has 0 saturated carbocycles. The number of benzene rings is 1. The van der Waals surface area contributed by atoms with Crippen LogP contribution in [0.25, 0.3) is 0 Å². The SMILES string of the molecule is CCN(CC)c1ccc(OC(=O)N(C)C)cc1C.CI. The highest BCUT2D eigenvalue weighted by atomic mass is 127. The largest absolute Gasteiger partial charge is 0.414 e. The summed E-state index contributed by atoms with van der Waals surface area (Å²) in [6, 6.07) is 5.73. The summed E-state index contributed by atoms with van der Waals surface area (Å²) in [5.41, 5.74) is 2.30. The van der Waals surface area contributed by atoms with E-state index >= 15 is 0 Å². The topological polar surface area (TPSA) is 32.8 Å². The Labute approximate surface area is 136 Å². The van der Waals surface area contributed by atoms with Gasteiger partial charge in [0.25, 0.3) is 0 Å². The van der Waals surface area contributed by atoms with Crippen LogP contribution in [-0.2, 0) is 0 Å². The van der Waals surface area contributed by atoms with Gasteiger partial charge in [-0.2, -0.15) is 0 Å². The molecule has 0 aliphatic heterocycles. The number of hydrogen-bond acceptors (Lipinski definition) is 3. The van der Waals surface area contributed by atoms with Gasteiger partial charge < -0.3 is 14.5 Å². The van der Waals surface area contributed by atoms with E-state index in [1.54, 1.807) is 14.1 Å². The highest BCUT2D eigenvalue weighted by Crippen LogP contribution is 2.24. The highest BCUT2D eigenvalue weighted by Gasteiger charge is 2.10. The maximum absolute atomic E-state index is 11.4. The molecule has 0 saturated heterocycles. The lowest BCUT2D eigenvalue weighted by molar-refractivity contribution is 0.172. The molecule has 0 heterocycles. The summed E-state index contributed by atoms with van der Waals surface area (Å²) in [6.45, 7) is 8.22. The van der Waals surface area contributed by atoms with Crippen molar-refractivity contribution in [3.8, 4) is 5.75 Å². The molecule has 1 aromatic rings. The number of rotatable bonds is 4. The van der Waals surface area contributed by atoms with Gasteiger partial charge >= 0.3 is 6.09 Å². The van der Waals surface area contributed by atoms with Gasteiger partial charge in [0.1, 0.15) is 5.75 Å². The highest BCUT2D eigenvalue weighted by molar-refractivity contribution is 14.1. The first-order valence-electron chi connectivity index (χ1n) is 6.62. The first kappa shape index (κ1) is 19.0. The van der Waals surface area contributed by atoms with Crippen LogP contribution >= 0.6 is 22.6 Å². The molecule has 0 atom stereocenters. The lowest BCUT2D eigenvalue weighted by Gasteiger charge is -2.23. The molecule has 0 fully saturated rings. The lowest BCUT2D eigenvalue weighted by atomic mass is 10.1. The number of amides is 1. The Hall–Kier alpha value is -0.980. The summed E-state index contributed by atoms with van der Waals surface area (Å²) in [6.07, 6.45) is -0.356. The van der Waals surface area contributed by atoms with E-state index in [0.29, 0.717) is 5.75 Å². The second-order valence-electron chi connectivity index (χ2n) is 4.38. The Kier molecular flexibility index (Phi) is 9.37. The molecule has 0 aliphatic rings. The quantitative estimate of drug-likeness (QED) is 0.575. The molecule has 5 heteroatoms. The van der Waals surface area contributed by atoms with Gasteiger partial charge in [0.2, 0.25) is 0 Å². The van der Waals surface area contributed by atoms with Crippen LogP contribution in [0.5, 0.6) is 5.75 Å². The fourth-order valence-corrected chi connectivity index (χ4v) is 1.80. The van der Waals surface area contributed by atoms with E-state index in [1.165, 1.54) is 10.6 Å². The van der Waals surface area contributed by atoms with Crippen molar-refractivity contribution in [1.82, 2.24) is 4.90 Å². The fraction of sp³-hybridized carbons (Fsp3) is 0.533. The van der Waals surface area contributed by atoms with E-state index in [4.69, 9.17) is 4.74 Å². The maximum atomic E-state index is 11.4. The van der Waals surface area contributed by atoms with Crippen LogP contribution in [0, 0.1) is 6.92 Å². The van der Waals surface area contributed by atoms with Crippen molar-refractivity contribution < 1.29 is 9.53 Å². The first-order chi connectivity index (χ1) is 9.49. The third-order valence-corrected chi connectivity index (χ3v) is 2.84. The van der Waals surface area contributed by atoms with Crippen LogP contribution in [0.4, 0.5) is 10.5 Å². The molecule has 0 radical (unpaired) electrons. The molecule has 0 spiro atoms. The minimum Gasteiger partial charge on any atom is -0.410 e. The zero-order valence-corrected chi connectivity index (χ0v) is 15.4. The maximum Gasteiger partial charge on any atom is 0.414 e. The average Bonchev–Trinajstić information content (AvgIpc) is 2.44. The molecule has 0 aliphatic carbocycles. The predicted molar refractivity (Wildman–Crippen MR) is 94.4 cm³/mol. The molecule has 1 amide bonds. The molecule has 1 aromatic carbocycles. The van der Waals surface area contributed by atoms with Gasteiger partial charge in [-0.1, -0.05) is 22.6 Å². The molecule has 0 N–H and O–H groups in total. The zero-order valence-electron chi connectivity index (χ0n) is 13.2. The van der Waals surface area contributed by atoms with E-state index in [0.717, 1.165) is 18.7 Å². The second kappa shape index (κ2) is 9.85. The number of nitrogens with zero attached hydrogens (tertiary/aromatic N) is 2. The molecular formula is C15H25IN2O2. The van der Waals surface area contributed by atoms with Crippen LogP contribution in [0.2, 0.25) is 0 Å². The van der Waals surface area contributed by atoms with Crippen LogP contribution < -0.4 is 9.64 Å². The number of halogens is 1. The number of carbonyl (C=O) groups is 1. The summed E-state index contributed by atoms with van der Waals surface area (Å²) in [5, 5.41) is 0. The third-order valence-electron chi connectivity index (χ3n) is 2.84. The van der Waals surface area contributed by atoms with Crippen LogP contribution in [0.1, 0.15) is 19.4 Å². The van der Waals surface area contributed by atoms with Gasteiger partial charge in [-0.15, -0.1) is 0 Å². The summed E-state index contributed by atoms with van der Waals surface area (Å²) in [7, 11) is 3.33. The second-order valence-corrected chi connectivity index (χ2v) is 4.38. The summed E-state index contributed by atoms with van der Waals surface area (Å²) >= 11 is 2.15. The van der Waals surface area contributed by atoms with E-state index in [1.807, 2.05) is 30.1 Å². The molecule has 1 rings (SSSR count). The lowest BCUT2D eigenvalue weighted by Crippen LogP contribution is -2.25. The Bertz CT molecular complexity index is 418. The van der Waals surface area contributed by atoms with Gasteiger partial charge in [-0.05, 0) is 49.5 Å². The van der Waals surface area contributed by atoms with Crippen molar-refractivity contribution in [3.63, 3.8) is 0 Å². The molecular weight excluding hydrogens is 367 g/mol. The standard InChI is InChI=1S/C14H22N2O2.CH3I/c1-6-16(7-2)13-9-8-12(10-11(13)3)18-14(17)15(4)5;1-2/h8-10H,6-7H2,1-5H3;1H3. The number of aryl methyl sites for hydroxylation is 1. The summed E-state index contributed by atoms with van der Waals surface area (Å²) in [5.74, 6) is 0.585. The smallest absolute Gasteiger partial charge is 0.410 e. The van der Waals surface area contributed by atoms with E-state index in [2.05, 4.69) is 41.3 Å². The number of anilines is 1. The van der Waals surface area contributed by atoms with Crippen LogP contribution in [-0.4, -0.2) is 43.1 Å². The number of hydrogen-bond donors (Lipinski definition) is 0. The van der Waals surface area contributed by atoms with Crippen molar-refractivity contribution >= 4 is 34.4 Å². The van der Waals surface area contributed by atoms with Gasteiger partial charge in [0.15, 0.2) is 0 Å². The minimum absolute atomic E-state index is 0.356. The molecule has 0 unspecified atom stereocenters. The predicted octanol–water partition coefficient (Wildman–Crippen LogP) is 3.95. The van der Waals surface area contributed by atoms with Crippen molar-refractivity contribution in [2.75, 3.05) is 37.0 Å². The van der Waals surface area contributed by atoms with E-state index in [-0.39, 0.29) is 6.09 Å². The Balaban J connectivity index is 0.00000172. The van der Waals surface area contributed by atoms with Gasteiger partial charge in [0, 0.05) is 32.9 Å². The van der Waals surface area contributed by atoms with E-state index < -0.39 is 0 Å². The Morgan fingerprint density at radius 2 is 1.75 bits per heavy atom. The van der Waals surface area contributed by atoms with Crippen molar-refractivity contribution in [2.24, 2.45) is 0 Å². The normalized spacial score (nSPS) is 9.35. The van der Waals surface area contributed by atoms with Crippen molar-refractivity contribution in [2.45, 2.75) is 20.8 Å². The molecule has 114 valence electrons. The molecule has 0 bridgehead atoms. The van der Waals surface area contributed by atoms with Crippen LogP contribution in [0.3, 0.4) is 0 Å². The molecule has 20 heavy (non-hydrogen) atoms. The Morgan fingerprint density at radius 3 is 2.15 bits per heavy atom. The van der Waals surface area contributed by atoms with Crippen molar-refractivity contribution in [3.05, 3.63) is 23.8 Å². The van der Waals surface area contributed by atoms with Gasteiger partial charge in [0.05, 0.1) is 0 Å². The average molecular weight is 392 g/mol. The fourth-order valence-electron chi connectivity index (χ4n) is 1.80. The molecule has 4 nitrogen and oxygen atoms in total. The number of carbonyl (C=O) groups excluding carboxylic acids is 1. The van der Waals surface area contributed by atoms with E-state index in [9.17, 15) is 4.79 Å². The van der Waals surface area contributed by atoms with Crippen LogP contribution in [0.15, 0.2) is 18.2 Å². The van der Waals surface area contributed by atoms with Gasteiger partial charge in [-0.25, -0.2) is 4.79 Å². The third kappa shape index (κ3) is 5.56. The summed E-state index contributed by atoms with van der Waals surface area (Å²) in [4.78, 5) is 17.1. The zero-order chi connectivity index (χ0) is 15.7. The number of alkyl halides is 1. The molecule has 0 aromatic heterocycles. The monoisotopic (exact) mass is 392 g/mol. The Morgan fingerprint density at radius 1 is 1.20 bits per heavy atom. The minimum atomic E-state index is -0.356. The number of ether oxygens (including phenoxy) is 1. The van der Waals surface area contributed by atoms with Crippen molar-refractivity contribution in [1.29, 1.82) is 0 Å².